The zero-order valence-corrected chi connectivity index (χ0v) is 10.6. The predicted molar refractivity (Wildman–Crippen MR) is 70.1 cm³/mol. The third-order valence-electron chi connectivity index (χ3n) is 3.47. The molecule has 1 aliphatic rings. The molecule has 0 saturated carbocycles. The molecule has 0 spiro atoms. The fourth-order valence-electron chi connectivity index (χ4n) is 2.40. The van der Waals surface area contributed by atoms with E-state index in [-0.39, 0.29) is 6.17 Å². The number of hydrogen-bond donors (Lipinski definition) is 1. The van der Waals surface area contributed by atoms with E-state index in [0.717, 1.165) is 18.6 Å². The first-order chi connectivity index (χ1) is 8.29. The van der Waals surface area contributed by atoms with Crippen LogP contribution in [0, 0.1) is 0 Å². The number of nitrogens with two attached hydrogens (primary N) is 1. The largest absolute Gasteiger partial charge is 0.497 e. The summed E-state index contributed by atoms with van der Waals surface area (Å²) in [6.07, 6.45) is 4.85. The number of aryl methyl sites for hydroxylation is 1. The molecule has 2 rings (SSSR count). The normalized spacial score (nSPS) is 18.2. The molecule has 17 heavy (non-hydrogen) atoms. The van der Waals surface area contributed by atoms with Crippen LogP contribution in [0.1, 0.15) is 24.8 Å². The molecule has 3 nitrogen and oxygen atoms in total. The van der Waals surface area contributed by atoms with Crippen LogP contribution in [-0.2, 0) is 6.42 Å². The van der Waals surface area contributed by atoms with Gasteiger partial charge in [0.2, 0.25) is 0 Å². The predicted octanol–water partition coefficient (Wildman–Crippen LogP) is 2.01. The van der Waals surface area contributed by atoms with Gasteiger partial charge in [-0.3, -0.25) is 4.90 Å². The summed E-state index contributed by atoms with van der Waals surface area (Å²) < 4.78 is 5.22. The maximum absolute atomic E-state index is 6.19. The average Bonchev–Trinajstić information content (AvgIpc) is 2.90. The third-order valence-corrected chi connectivity index (χ3v) is 3.47. The molecular formula is C14H22N2O. The van der Waals surface area contributed by atoms with E-state index in [0.29, 0.717) is 0 Å². The van der Waals surface area contributed by atoms with Gasteiger partial charge in [0.1, 0.15) is 5.75 Å². The summed E-state index contributed by atoms with van der Waals surface area (Å²) in [7, 11) is 1.70. The molecule has 0 aliphatic carbocycles. The Morgan fingerprint density at radius 3 is 2.82 bits per heavy atom. The van der Waals surface area contributed by atoms with Crippen molar-refractivity contribution in [1.29, 1.82) is 0 Å². The maximum atomic E-state index is 6.19. The molecule has 1 saturated heterocycles. The van der Waals surface area contributed by atoms with Gasteiger partial charge in [-0.25, -0.2) is 0 Å². The summed E-state index contributed by atoms with van der Waals surface area (Å²) in [4.78, 5) is 2.39. The van der Waals surface area contributed by atoms with Gasteiger partial charge in [-0.1, -0.05) is 12.1 Å². The second-order valence-corrected chi connectivity index (χ2v) is 4.70. The van der Waals surface area contributed by atoms with Gasteiger partial charge in [-0.05, 0) is 56.5 Å². The highest BCUT2D eigenvalue weighted by molar-refractivity contribution is 5.28. The second kappa shape index (κ2) is 6.03. The first-order valence-electron chi connectivity index (χ1n) is 6.42. The van der Waals surface area contributed by atoms with E-state index in [1.807, 2.05) is 12.1 Å². The third kappa shape index (κ3) is 3.45. The van der Waals surface area contributed by atoms with Crippen molar-refractivity contribution >= 4 is 0 Å². The molecule has 1 heterocycles. The lowest BCUT2D eigenvalue weighted by Gasteiger charge is -2.23. The van der Waals surface area contributed by atoms with E-state index in [2.05, 4.69) is 17.0 Å². The first kappa shape index (κ1) is 12.4. The number of nitrogens with zero attached hydrogens (tertiary/aromatic N) is 1. The monoisotopic (exact) mass is 234 g/mol. The van der Waals surface area contributed by atoms with Crippen LogP contribution in [0.3, 0.4) is 0 Å². The van der Waals surface area contributed by atoms with Crippen LogP contribution >= 0.6 is 0 Å². The van der Waals surface area contributed by atoms with Crippen molar-refractivity contribution in [1.82, 2.24) is 4.90 Å². The Morgan fingerprint density at radius 2 is 2.12 bits per heavy atom. The molecule has 2 N–H and O–H groups in total. The number of ether oxygens (including phenoxy) is 1. The van der Waals surface area contributed by atoms with E-state index in [9.17, 15) is 0 Å². The van der Waals surface area contributed by atoms with Crippen molar-refractivity contribution in [2.45, 2.75) is 31.8 Å². The molecule has 1 fully saturated rings. The highest BCUT2D eigenvalue weighted by atomic mass is 16.5. The van der Waals surface area contributed by atoms with Gasteiger partial charge < -0.3 is 10.5 Å². The minimum atomic E-state index is 0.212. The Kier molecular flexibility index (Phi) is 4.40. The van der Waals surface area contributed by atoms with Crippen LogP contribution in [0.4, 0.5) is 0 Å². The average molecular weight is 234 g/mol. The Balaban J connectivity index is 1.83. The summed E-state index contributed by atoms with van der Waals surface area (Å²) in [6.45, 7) is 2.33. The number of benzene rings is 1. The molecule has 3 heteroatoms. The van der Waals surface area contributed by atoms with Gasteiger partial charge in [-0.15, -0.1) is 0 Å². The lowest BCUT2D eigenvalue weighted by molar-refractivity contribution is 0.236. The van der Waals surface area contributed by atoms with Crippen LogP contribution < -0.4 is 10.5 Å². The zero-order valence-electron chi connectivity index (χ0n) is 10.6. The number of methoxy groups -OCH3 is 1. The van der Waals surface area contributed by atoms with Crippen molar-refractivity contribution in [2.75, 3.05) is 20.2 Å². The zero-order chi connectivity index (χ0) is 12.1. The number of rotatable bonds is 5. The minimum absolute atomic E-state index is 0.212. The Hall–Kier alpha value is -1.06. The van der Waals surface area contributed by atoms with Crippen molar-refractivity contribution in [2.24, 2.45) is 5.73 Å². The highest BCUT2D eigenvalue weighted by Crippen LogP contribution is 2.16. The van der Waals surface area contributed by atoms with Gasteiger partial charge >= 0.3 is 0 Å². The maximum Gasteiger partial charge on any atom is 0.119 e. The fourth-order valence-corrected chi connectivity index (χ4v) is 2.40. The molecule has 1 aromatic rings. The second-order valence-electron chi connectivity index (χ2n) is 4.70. The van der Waals surface area contributed by atoms with Crippen molar-refractivity contribution in [3.63, 3.8) is 0 Å². The SMILES string of the molecule is COc1cccc(CC[C@H](N)N2CCCC2)c1. The van der Waals surface area contributed by atoms with Crippen molar-refractivity contribution < 1.29 is 4.74 Å². The number of likely N-dealkylation sites (tertiary alicyclic amines) is 1. The van der Waals surface area contributed by atoms with Gasteiger partial charge in [0.15, 0.2) is 0 Å². The molecule has 0 aromatic heterocycles. The van der Waals surface area contributed by atoms with E-state index < -0.39 is 0 Å². The van der Waals surface area contributed by atoms with Crippen molar-refractivity contribution in [3.05, 3.63) is 29.8 Å². The summed E-state index contributed by atoms with van der Waals surface area (Å²) in [5.41, 5.74) is 7.50. The molecular weight excluding hydrogens is 212 g/mol. The molecule has 0 amide bonds. The highest BCUT2D eigenvalue weighted by Gasteiger charge is 2.17. The van der Waals surface area contributed by atoms with E-state index in [1.165, 1.54) is 31.5 Å². The molecule has 0 bridgehead atoms. The number of hydrogen-bond acceptors (Lipinski definition) is 3. The smallest absolute Gasteiger partial charge is 0.119 e. The van der Waals surface area contributed by atoms with E-state index in [4.69, 9.17) is 10.5 Å². The lowest BCUT2D eigenvalue weighted by Crippen LogP contribution is -2.40. The molecule has 1 aromatic carbocycles. The van der Waals surface area contributed by atoms with Crippen LogP contribution in [0.25, 0.3) is 0 Å². The molecule has 94 valence electrons. The minimum Gasteiger partial charge on any atom is -0.497 e. The van der Waals surface area contributed by atoms with Crippen LogP contribution in [-0.4, -0.2) is 31.3 Å². The van der Waals surface area contributed by atoms with Crippen LogP contribution in [0.5, 0.6) is 5.75 Å². The van der Waals surface area contributed by atoms with Gasteiger partial charge in [0.25, 0.3) is 0 Å². The van der Waals surface area contributed by atoms with Gasteiger partial charge in [0.05, 0.1) is 13.3 Å². The topological polar surface area (TPSA) is 38.5 Å². The molecule has 1 atom stereocenters. The Bertz CT molecular complexity index is 348. The van der Waals surface area contributed by atoms with Crippen LogP contribution in [0.2, 0.25) is 0 Å². The summed E-state index contributed by atoms with van der Waals surface area (Å²) in [6, 6.07) is 8.25. The summed E-state index contributed by atoms with van der Waals surface area (Å²) in [5.74, 6) is 0.928. The Morgan fingerprint density at radius 1 is 1.35 bits per heavy atom. The van der Waals surface area contributed by atoms with E-state index >= 15 is 0 Å². The van der Waals surface area contributed by atoms with Gasteiger partial charge in [0, 0.05) is 0 Å². The van der Waals surface area contributed by atoms with Gasteiger partial charge in [-0.2, -0.15) is 0 Å². The van der Waals surface area contributed by atoms with Crippen LogP contribution in [0.15, 0.2) is 24.3 Å². The molecule has 1 aliphatic heterocycles. The molecule has 0 radical (unpaired) electrons. The standard InChI is InChI=1S/C14H22N2O/c1-17-13-6-4-5-12(11-13)7-8-14(15)16-9-2-3-10-16/h4-6,11,14H,2-3,7-10,15H2,1H3/t14-/m1/s1. The fraction of sp³-hybridized carbons (Fsp3) is 0.571. The summed E-state index contributed by atoms with van der Waals surface area (Å²) >= 11 is 0. The quantitative estimate of drug-likeness (QED) is 0.847. The molecule has 0 unspecified atom stereocenters. The van der Waals surface area contributed by atoms with Crippen molar-refractivity contribution in [3.8, 4) is 5.75 Å². The summed E-state index contributed by atoms with van der Waals surface area (Å²) in [5, 5.41) is 0. The van der Waals surface area contributed by atoms with E-state index in [1.54, 1.807) is 7.11 Å². The Labute approximate surface area is 104 Å². The first-order valence-corrected chi connectivity index (χ1v) is 6.42. The lowest BCUT2D eigenvalue weighted by atomic mass is 10.1.